The average molecular weight is 385 g/mol. The van der Waals surface area contributed by atoms with Crippen LogP contribution in [0.3, 0.4) is 0 Å². The second-order valence-electron chi connectivity index (χ2n) is 9.70. The van der Waals surface area contributed by atoms with Gasteiger partial charge in [0.1, 0.15) is 0 Å². The summed E-state index contributed by atoms with van der Waals surface area (Å²) in [5.41, 5.74) is 1.61. The third-order valence-corrected chi connectivity index (χ3v) is 6.17. The highest BCUT2D eigenvalue weighted by molar-refractivity contribution is 5.96. The number of carbonyl (C=O) groups is 2. The molecule has 2 fully saturated rings. The lowest BCUT2D eigenvalue weighted by Gasteiger charge is -2.09. The molecular weight excluding hydrogens is 348 g/mol. The lowest BCUT2D eigenvalue weighted by molar-refractivity contribution is -0.118. The Labute approximate surface area is 169 Å². The number of hydrogen-bond donors (Lipinski definition) is 2. The molecule has 0 radical (unpaired) electrons. The Bertz CT molecular complexity index is 621. The smallest absolute Gasteiger partial charge is 0.227 e. The predicted molar refractivity (Wildman–Crippen MR) is 115 cm³/mol. The molecule has 4 atom stereocenters. The first kappa shape index (κ1) is 20.9. The first-order valence-electron chi connectivity index (χ1n) is 11.0. The quantitative estimate of drug-likeness (QED) is 0.543. The number of amides is 2. The standard InChI is InChI=1S/C24H36N2O2/c1-15(2)5-7-17-13-21(17)23(27)25-19-9-11-20(12-10-19)26-24(28)22-14-18(22)8-6-16(3)4/h9-12,15-18,21-22H,5-8,13-14H2,1-4H3,(H,25,27)(H,26,28)/t17-,18+,21+,22-. The van der Waals surface area contributed by atoms with Gasteiger partial charge in [-0.3, -0.25) is 9.59 Å². The van der Waals surface area contributed by atoms with Crippen LogP contribution in [0.1, 0.15) is 66.2 Å². The van der Waals surface area contributed by atoms with Crippen LogP contribution in [0.2, 0.25) is 0 Å². The van der Waals surface area contributed by atoms with E-state index >= 15 is 0 Å². The van der Waals surface area contributed by atoms with E-state index in [2.05, 4.69) is 38.3 Å². The molecular formula is C24H36N2O2. The van der Waals surface area contributed by atoms with Gasteiger partial charge in [-0.15, -0.1) is 0 Å². The van der Waals surface area contributed by atoms with E-state index in [1.807, 2.05) is 24.3 Å². The van der Waals surface area contributed by atoms with Crippen molar-refractivity contribution in [3.05, 3.63) is 24.3 Å². The fourth-order valence-corrected chi connectivity index (χ4v) is 3.98. The molecule has 0 heterocycles. The van der Waals surface area contributed by atoms with Crippen molar-refractivity contribution in [3.63, 3.8) is 0 Å². The summed E-state index contributed by atoms with van der Waals surface area (Å²) < 4.78 is 0. The predicted octanol–water partition coefficient (Wildman–Crippen LogP) is 5.71. The van der Waals surface area contributed by atoms with Crippen molar-refractivity contribution < 1.29 is 9.59 Å². The van der Waals surface area contributed by atoms with Crippen molar-refractivity contribution in [1.82, 2.24) is 0 Å². The van der Waals surface area contributed by atoms with Crippen LogP contribution in [-0.4, -0.2) is 11.8 Å². The van der Waals surface area contributed by atoms with E-state index in [9.17, 15) is 9.59 Å². The first-order valence-corrected chi connectivity index (χ1v) is 11.0. The highest BCUT2D eigenvalue weighted by Gasteiger charge is 2.43. The van der Waals surface area contributed by atoms with E-state index in [4.69, 9.17) is 0 Å². The van der Waals surface area contributed by atoms with Gasteiger partial charge >= 0.3 is 0 Å². The minimum absolute atomic E-state index is 0.136. The van der Waals surface area contributed by atoms with Gasteiger partial charge < -0.3 is 10.6 Å². The second-order valence-corrected chi connectivity index (χ2v) is 9.70. The van der Waals surface area contributed by atoms with E-state index in [1.54, 1.807) is 0 Å². The molecule has 0 unspecified atom stereocenters. The largest absolute Gasteiger partial charge is 0.326 e. The Kier molecular flexibility index (Phi) is 6.79. The average Bonchev–Trinajstić information content (AvgIpc) is 3.53. The summed E-state index contributed by atoms with van der Waals surface area (Å²) in [7, 11) is 0. The number of benzene rings is 1. The molecule has 2 saturated carbocycles. The van der Waals surface area contributed by atoms with E-state index < -0.39 is 0 Å². The Balaban J connectivity index is 1.39. The molecule has 1 aromatic carbocycles. The molecule has 3 rings (SSSR count). The maximum absolute atomic E-state index is 12.4. The molecule has 4 heteroatoms. The minimum Gasteiger partial charge on any atom is -0.326 e. The number of rotatable bonds is 10. The fraction of sp³-hybridized carbons (Fsp3) is 0.667. The van der Waals surface area contributed by atoms with Crippen LogP contribution in [0.25, 0.3) is 0 Å². The third-order valence-electron chi connectivity index (χ3n) is 6.17. The van der Waals surface area contributed by atoms with E-state index in [0.29, 0.717) is 23.7 Å². The SMILES string of the molecule is CC(C)CC[C@@H]1C[C@@H]1C(=O)Nc1ccc(NC(=O)[C@@H]2C[C@@H]2CCC(C)C)cc1. The first-order chi connectivity index (χ1) is 13.3. The highest BCUT2D eigenvalue weighted by atomic mass is 16.2. The van der Waals surface area contributed by atoms with Crippen LogP contribution >= 0.6 is 0 Å². The van der Waals surface area contributed by atoms with Crippen molar-refractivity contribution in [3.8, 4) is 0 Å². The summed E-state index contributed by atoms with van der Waals surface area (Å²) in [6.45, 7) is 8.92. The van der Waals surface area contributed by atoms with Crippen LogP contribution in [0.15, 0.2) is 24.3 Å². The van der Waals surface area contributed by atoms with Crippen LogP contribution in [0, 0.1) is 35.5 Å². The molecule has 0 saturated heterocycles. The summed E-state index contributed by atoms with van der Waals surface area (Å²) in [5.74, 6) is 3.15. The van der Waals surface area contributed by atoms with E-state index in [1.165, 1.54) is 12.8 Å². The molecule has 2 aliphatic carbocycles. The maximum atomic E-state index is 12.4. The molecule has 2 N–H and O–H groups in total. The van der Waals surface area contributed by atoms with E-state index in [0.717, 1.165) is 37.1 Å². The Morgan fingerprint density at radius 2 is 1.14 bits per heavy atom. The van der Waals surface area contributed by atoms with Gasteiger partial charge in [-0.05, 0) is 73.6 Å². The summed E-state index contributed by atoms with van der Waals surface area (Å²) in [6.07, 6.45) is 6.74. The van der Waals surface area contributed by atoms with Crippen molar-refractivity contribution in [1.29, 1.82) is 0 Å². The van der Waals surface area contributed by atoms with Gasteiger partial charge in [-0.1, -0.05) is 40.5 Å². The normalized spacial score (nSPS) is 25.6. The number of hydrogen-bond acceptors (Lipinski definition) is 2. The maximum Gasteiger partial charge on any atom is 0.227 e. The zero-order valence-electron chi connectivity index (χ0n) is 17.8. The number of nitrogens with one attached hydrogen (secondary N) is 2. The van der Waals surface area contributed by atoms with Crippen molar-refractivity contribution in [2.24, 2.45) is 35.5 Å². The Morgan fingerprint density at radius 3 is 1.46 bits per heavy atom. The fourth-order valence-electron chi connectivity index (χ4n) is 3.98. The van der Waals surface area contributed by atoms with Gasteiger partial charge in [0.15, 0.2) is 0 Å². The minimum atomic E-state index is 0.136. The van der Waals surface area contributed by atoms with Crippen LogP contribution in [0.4, 0.5) is 11.4 Å². The number of anilines is 2. The Hall–Kier alpha value is -1.84. The molecule has 1 aromatic rings. The Morgan fingerprint density at radius 1 is 0.786 bits per heavy atom. The third kappa shape index (κ3) is 6.08. The molecule has 4 nitrogen and oxygen atoms in total. The van der Waals surface area contributed by atoms with Crippen molar-refractivity contribution >= 4 is 23.2 Å². The van der Waals surface area contributed by atoms with Gasteiger partial charge in [0, 0.05) is 23.2 Å². The molecule has 154 valence electrons. The van der Waals surface area contributed by atoms with Crippen LogP contribution < -0.4 is 10.6 Å². The molecule has 0 aliphatic heterocycles. The summed E-state index contributed by atoms with van der Waals surface area (Å²) in [4.78, 5) is 24.7. The molecule has 0 bridgehead atoms. The molecule has 0 spiro atoms. The molecule has 2 amide bonds. The van der Waals surface area contributed by atoms with Crippen molar-refractivity contribution in [2.45, 2.75) is 66.2 Å². The topological polar surface area (TPSA) is 58.2 Å². The monoisotopic (exact) mass is 384 g/mol. The lowest BCUT2D eigenvalue weighted by atomic mass is 10.0. The lowest BCUT2D eigenvalue weighted by Crippen LogP contribution is -2.16. The van der Waals surface area contributed by atoms with Crippen LogP contribution in [0.5, 0.6) is 0 Å². The second kappa shape index (κ2) is 9.11. The summed E-state index contributed by atoms with van der Waals surface area (Å²) in [6, 6.07) is 7.51. The van der Waals surface area contributed by atoms with E-state index in [-0.39, 0.29) is 23.7 Å². The molecule has 0 aromatic heterocycles. The molecule has 2 aliphatic rings. The highest BCUT2D eigenvalue weighted by Crippen LogP contribution is 2.44. The van der Waals surface area contributed by atoms with Crippen LogP contribution in [-0.2, 0) is 9.59 Å². The summed E-state index contributed by atoms with van der Waals surface area (Å²) >= 11 is 0. The van der Waals surface area contributed by atoms with Gasteiger partial charge in [0.25, 0.3) is 0 Å². The van der Waals surface area contributed by atoms with Gasteiger partial charge in [0.2, 0.25) is 11.8 Å². The summed E-state index contributed by atoms with van der Waals surface area (Å²) in [5, 5.41) is 6.04. The van der Waals surface area contributed by atoms with Crippen molar-refractivity contribution in [2.75, 3.05) is 10.6 Å². The van der Waals surface area contributed by atoms with Gasteiger partial charge in [0.05, 0.1) is 0 Å². The zero-order chi connectivity index (χ0) is 20.3. The van der Waals surface area contributed by atoms with Gasteiger partial charge in [-0.2, -0.15) is 0 Å². The zero-order valence-corrected chi connectivity index (χ0v) is 17.8. The van der Waals surface area contributed by atoms with Gasteiger partial charge in [-0.25, -0.2) is 0 Å². The number of carbonyl (C=O) groups excluding carboxylic acids is 2. The molecule has 28 heavy (non-hydrogen) atoms.